The van der Waals surface area contributed by atoms with E-state index in [4.69, 9.17) is 5.73 Å². The van der Waals surface area contributed by atoms with Crippen molar-refractivity contribution in [2.45, 2.75) is 23.6 Å². The number of thioether (sulfide) groups is 1. The van der Waals surface area contributed by atoms with Gasteiger partial charge in [-0.25, -0.2) is 0 Å². The Morgan fingerprint density at radius 2 is 2.38 bits per heavy atom. The molecule has 0 bridgehead atoms. The third-order valence-corrected chi connectivity index (χ3v) is 2.95. The first-order valence-electron chi connectivity index (χ1n) is 3.60. The van der Waals surface area contributed by atoms with Crippen LogP contribution in [-0.4, -0.2) is 21.5 Å². The molecule has 1 aromatic heterocycles. The summed E-state index contributed by atoms with van der Waals surface area (Å²) in [5.74, 6) is -0.0579. The molecule has 5 nitrogen and oxygen atoms in total. The number of nitrogens with two attached hydrogens (primary N) is 1. The van der Waals surface area contributed by atoms with Crippen LogP contribution in [0.15, 0.2) is 4.34 Å². The number of carbonyl (C=O) groups excluding carboxylic acids is 1. The van der Waals surface area contributed by atoms with Gasteiger partial charge in [-0.15, -0.1) is 10.2 Å². The van der Waals surface area contributed by atoms with Crippen LogP contribution < -0.4 is 11.1 Å². The number of nitrogens with zero attached hydrogens (tertiary/aromatic N) is 2. The normalized spacial score (nSPS) is 12.5. The van der Waals surface area contributed by atoms with Crippen LogP contribution in [0.5, 0.6) is 0 Å². The fourth-order valence-electron chi connectivity index (χ4n) is 0.735. The van der Waals surface area contributed by atoms with Gasteiger partial charge in [0.1, 0.15) is 0 Å². The molecule has 1 unspecified atom stereocenters. The molecule has 0 fully saturated rings. The zero-order chi connectivity index (χ0) is 9.84. The van der Waals surface area contributed by atoms with Gasteiger partial charge in [-0.3, -0.25) is 4.79 Å². The Kier molecular flexibility index (Phi) is 3.49. The van der Waals surface area contributed by atoms with Crippen molar-refractivity contribution in [3.8, 4) is 0 Å². The van der Waals surface area contributed by atoms with E-state index in [0.717, 1.165) is 4.34 Å². The van der Waals surface area contributed by atoms with Gasteiger partial charge in [0, 0.05) is 6.92 Å². The fourth-order valence-corrected chi connectivity index (χ4v) is 2.57. The van der Waals surface area contributed by atoms with Crippen molar-refractivity contribution in [2.24, 2.45) is 0 Å². The highest BCUT2D eigenvalue weighted by Gasteiger charge is 2.08. The van der Waals surface area contributed by atoms with Gasteiger partial charge in [-0.2, -0.15) is 0 Å². The molecule has 0 saturated carbocycles. The van der Waals surface area contributed by atoms with Crippen molar-refractivity contribution in [1.82, 2.24) is 15.5 Å². The van der Waals surface area contributed by atoms with E-state index in [2.05, 4.69) is 15.5 Å². The minimum absolute atomic E-state index is 0.00940. The first-order valence-corrected chi connectivity index (χ1v) is 5.30. The van der Waals surface area contributed by atoms with Gasteiger partial charge in [0.15, 0.2) is 4.34 Å². The molecule has 0 spiro atoms. The zero-order valence-corrected chi connectivity index (χ0v) is 8.91. The van der Waals surface area contributed by atoms with E-state index in [1.807, 2.05) is 6.92 Å². The summed E-state index contributed by atoms with van der Waals surface area (Å²) in [6.45, 7) is 3.36. The standard InChI is InChI=1S/C6H10N4OS2/c1-3(11)8-4(2)12-6-10-9-5(7)13-6/h4H,1-2H3,(H2,7,9)(H,8,11). The van der Waals surface area contributed by atoms with E-state index in [9.17, 15) is 4.79 Å². The van der Waals surface area contributed by atoms with Crippen molar-refractivity contribution in [2.75, 3.05) is 5.73 Å². The lowest BCUT2D eigenvalue weighted by Gasteiger charge is -2.08. The van der Waals surface area contributed by atoms with Gasteiger partial charge >= 0.3 is 0 Å². The first kappa shape index (κ1) is 10.3. The molecule has 13 heavy (non-hydrogen) atoms. The van der Waals surface area contributed by atoms with Crippen LogP contribution >= 0.6 is 23.1 Å². The summed E-state index contributed by atoms with van der Waals surface area (Å²) in [6, 6.07) is 0. The van der Waals surface area contributed by atoms with E-state index in [1.165, 1.54) is 30.0 Å². The lowest BCUT2D eigenvalue weighted by molar-refractivity contribution is -0.119. The number of carbonyl (C=O) groups is 1. The van der Waals surface area contributed by atoms with E-state index < -0.39 is 0 Å². The maximum absolute atomic E-state index is 10.7. The Morgan fingerprint density at radius 3 is 2.85 bits per heavy atom. The van der Waals surface area contributed by atoms with Crippen molar-refractivity contribution >= 4 is 34.1 Å². The van der Waals surface area contributed by atoms with Crippen LogP contribution in [0.3, 0.4) is 0 Å². The molecule has 0 aliphatic carbocycles. The molecule has 1 amide bonds. The predicted octanol–water partition coefficient (Wildman–Crippen LogP) is 0.695. The van der Waals surface area contributed by atoms with E-state index in [0.29, 0.717) is 5.13 Å². The Balaban J connectivity index is 2.44. The molecule has 72 valence electrons. The van der Waals surface area contributed by atoms with Crippen LogP contribution in [-0.2, 0) is 4.79 Å². The number of nitrogen functional groups attached to an aromatic ring is 1. The number of nitrogens with one attached hydrogen (secondary N) is 1. The first-order chi connectivity index (χ1) is 6.08. The molecule has 1 aromatic rings. The van der Waals surface area contributed by atoms with Gasteiger partial charge in [-0.05, 0) is 6.92 Å². The average molecular weight is 218 g/mol. The number of rotatable bonds is 3. The molecule has 7 heteroatoms. The molecule has 0 radical (unpaired) electrons. The molecule has 0 saturated heterocycles. The minimum Gasteiger partial charge on any atom is -0.374 e. The van der Waals surface area contributed by atoms with Crippen molar-refractivity contribution in [1.29, 1.82) is 0 Å². The van der Waals surface area contributed by atoms with Gasteiger partial charge in [0.05, 0.1) is 5.37 Å². The molecule has 0 aromatic carbocycles. The van der Waals surface area contributed by atoms with Crippen LogP contribution in [0.2, 0.25) is 0 Å². The third kappa shape index (κ3) is 3.60. The number of amides is 1. The summed E-state index contributed by atoms with van der Waals surface area (Å²) >= 11 is 2.74. The van der Waals surface area contributed by atoms with E-state index in [1.54, 1.807) is 0 Å². The zero-order valence-electron chi connectivity index (χ0n) is 7.27. The minimum atomic E-state index is -0.0579. The quantitative estimate of drug-likeness (QED) is 0.576. The van der Waals surface area contributed by atoms with Crippen LogP contribution in [0, 0.1) is 0 Å². The topological polar surface area (TPSA) is 80.9 Å². The Labute approximate surface area is 84.1 Å². The molecule has 3 N–H and O–H groups in total. The summed E-state index contributed by atoms with van der Waals surface area (Å²) in [6.07, 6.45) is 0. The van der Waals surface area contributed by atoms with Crippen LogP contribution in [0.4, 0.5) is 5.13 Å². The van der Waals surface area contributed by atoms with Gasteiger partial charge in [0.25, 0.3) is 0 Å². The lowest BCUT2D eigenvalue weighted by atomic mass is 10.6. The molecule has 1 rings (SSSR count). The van der Waals surface area contributed by atoms with E-state index >= 15 is 0 Å². The maximum Gasteiger partial charge on any atom is 0.217 e. The average Bonchev–Trinajstić information content (AvgIpc) is 2.33. The second-order valence-electron chi connectivity index (χ2n) is 2.37. The molecule has 0 aliphatic rings. The van der Waals surface area contributed by atoms with E-state index in [-0.39, 0.29) is 11.3 Å². The predicted molar refractivity (Wildman–Crippen MR) is 53.5 cm³/mol. The smallest absolute Gasteiger partial charge is 0.217 e. The third-order valence-electron chi connectivity index (χ3n) is 1.11. The number of aromatic nitrogens is 2. The van der Waals surface area contributed by atoms with Gasteiger partial charge in [-0.1, -0.05) is 23.1 Å². The van der Waals surface area contributed by atoms with Crippen LogP contribution in [0.1, 0.15) is 13.8 Å². The number of hydrogen-bond donors (Lipinski definition) is 2. The van der Waals surface area contributed by atoms with Crippen molar-refractivity contribution in [3.05, 3.63) is 0 Å². The molecule has 1 atom stereocenters. The molecule has 0 aliphatic heterocycles. The second-order valence-corrected chi connectivity index (χ2v) is 4.96. The summed E-state index contributed by atoms with van der Waals surface area (Å²) in [4.78, 5) is 10.7. The summed E-state index contributed by atoms with van der Waals surface area (Å²) in [5.41, 5.74) is 5.40. The largest absolute Gasteiger partial charge is 0.374 e. The van der Waals surface area contributed by atoms with Crippen molar-refractivity contribution < 1.29 is 4.79 Å². The van der Waals surface area contributed by atoms with Crippen molar-refractivity contribution in [3.63, 3.8) is 0 Å². The van der Waals surface area contributed by atoms with Gasteiger partial charge in [0.2, 0.25) is 11.0 Å². The monoisotopic (exact) mass is 218 g/mol. The SMILES string of the molecule is CC(=O)NC(C)Sc1nnc(N)s1. The maximum atomic E-state index is 10.7. The van der Waals surface area contributed by atoms with Crippen LogP contribution in [0.25, 0.3) is 0 Å². The van der Waals surface area contributed by atoms with Gasteiger partial charge < -0.3 is 11.1 Å². The number of anilines is 1. The Morgan fingerprint density at radius 1 is 1.69 bits per heavy atom. The Hall–Kier alpha value is -0.820. The molecular formula is C6H10N4OS2. The number of hydrogen-bond acceptors (Lipinski definition) is 6. The summed E-state index contributed by atoms with van der Waals surface area (Å²) in [5, 5.41) is 10.6. The summed E-state index contributed by atoms with van der Waals surface area (Å²) in [7, 11) is 0. The Bertz CT molecular complexity index is 301. The summed E-state index contributed by atoms with van der Waals surface area (Å²) < 4.78 is 0.763. The molecular weight excluding hydrogens is 208 g/mol. The lowest BCUT2D eigenvalue weighted by Crippen LogP contribution is -2.27. The molecule has 1 heterocycles. The highest BCUT2D eigenvalue weighted by molar-refractivity contribution is 8.01. The fraction of sp³-hybridized carbons (Fsp3) is 0.500. The highest BCUT2D eigenvalue weighted by Crippen LogP contribution is 2.25. The highest BCUT2D eigenvalue weighted by atomic mass is 32.2. The second kappa shape index (κ2) is 4.43.